The third-order valence-corrected chi connectivity index (χ3v) is 8.92. The number of hydrogen-bond acceptors (Lipinski definition) is 7. The zero-order valence-corrected chi connectivity index (χ0v) is 18.6. The van der Waals surface area contributed by atoms with Crippen LogP contribution in [0.3, 0.4) is 0 Å². The maximum Gasteiger partial charge on any atom is 0.243 e. The fraction of sp³-hybridized carbons (Fsp3) is 0.400. The Labute approximate surface area is 182 Å². The Morgan fingerprint density at radius 1 is 0.935 bits per heavy atom. The summed E-state index contributed by atoms with van der Waals surface area (Å²) in [6.45, 7) is 1.55. The molecule has 0 saturated carbocycles. The number of likely N-dealkylation sites (N-methyl/N-ethyl adjacent to an activating group) is 1. The molecule has 1 fully saturated rings. The number of morpholine rings is 1. The Morgan fingerprint density at radius 2 is 1.55 bits per heavy atom. The number of hydrogen-bond donors (Lipinski definition) is 0. The SMILES string of the molecule is CN(C[C@H]1COc2ccccc2O1)S(=O)(=O)c1ccc(S(=O)(=O)N2CCOCC2)cc1. The molecular formula is C20H24N2O7S2. The van der Waals surface area contributed by atoms with Crippen LogP contribution in [0.15, 0.2) is 58.3 Å². The van der Waals surface area contributed by atoms with E-state index in [1.165, 1.54) is 39.9 Å². The van der Waals surface area contributed by atoms with Crippen LogP contribution in [-0.2, 0) is 24.8 Å². The van der Waals surface area contributed by atoms with Crippen LogP contribution in [0.4, 0.5) is 0 Å². The monoisotopic (exact) mass is 468 g/mol. The van der Waals surface area contributed by atoms with Crippen molar-refractivity contribution in [3.63, 3.8) is 0 Å². The van der Waals surface area contributed by atoms with Crippen molar-refractivity contribution in [3.05, 3.63) is 48.5 Å². The van der Waals surface area contributed by atoms with Crippen molar-refractivity contribution in [1.82, 2.24) is 8.61 Å². The van der Waals surface area contributed by atoms with Crippen molar-refractivity contribution in [2.45, 2.75) is 15.9 Å². The molecule has 2 aliphatic heterocycles. The maximum absolute atomic E-state index is 13.0. The minimum atomic E-state index is -3.83. The average molecular weight is 469 g/mol. The van der Waals surface area contributed by atoms with Crippen LogP contribution in [-0.4, -0.2) is 78.1 Å². The van der Waals surface area contributed by atoms with Gasteiger partial charge in [-0.15, -0.1) is 0 Å². The topological polar surface area (TPSA) is 102 Å². The van der Waals surface area contributed by atoms with E-state index in [-0.39, 0.29) is 36.0 Å². The molecule has 1 saturated heterocycles. The maximum atomic E-state index is 13.0. The molecule has 168 valence electrons. The highest BCUT2D eigenvalue weighted by Crippen LogP contribution is 2.31. The van der Waals surface area contributed by atoms with Gasteiger partial charge >= 0.3 is 0 Å². The van der Waals surface area contributed by atoms with E-state index in [4.69, 9.17) is 14.2 Å². The van der Waals surface area contributed by atoms with Crippen molar-refractivity contribution in [2.75, 3.05) is 46.5 Å². The van der Waals surface area contributed by atoms with E-state index in [2.05, 4.69) is 0 Å². The van der Waals surface area contributed by atoms with Crippen LogP contribution in [0.1, 0.15) is 0 Å². The number of fused-ring (bicyclic) bond motifs is 1. The normalized spacial score (nSPS) is 20.0. The minimum absolute atomic E-state index is 0.00746. The van der Waals surface area contributed by atoms with Gasteiger partial charge in [-0.1, -0.05) is 12.1 Å². The molecule has 1 atom stereocenters. The van der Waals surface area contributed by atoms with Crippen LogP contribution in [0, 0.1) is 0 Å². The summed E-state index contributed by atoms with van der Waals surface area (Å²) in [6.07, 6.45) is -0.462. The second-order valence-corrected chi connectivity index (χ2v) is 11.3. The molecule has 2 aromatic rings. The predicted molar refractivity (Wildman–Crippen MR) is 112 cm³/mol. The van der Waals surface area contributed by atoms with Crippen LogP contribution in [0.5, 0.6) is 11.5 Å². The van der Waals surface area contributed by atoms with Gasteiger partial charge in [0.2, 0.25) is 20.0 Å². The van der Waals surface area contributed by atoms with Crippen molar-refractivity contribution in [2.24, 2.45) is 0 Å². The van der Waals surface area contributed by atoms with E-state index in [9.17, 15) is 16.8 Å². The number of sulfonamides is 2. The number of rotatable bonds is 6. The molecule has 2 aliphatic rings. The van der Waals surface area contributed by atoms with E-state index in [0.29, 0.717) is 24.7 Å². The highest BCUT2D eigenvalue weighted by atomic mass is 32.2. The molecule has 0 aliphatic carbocycles. The average Bonchev–Trinajstić information content (AvgIpc) is 2.79. The Kier molecular flexibility index (Phi) is 6.22. The summed E-state index contributed by atoms with van der Waals surface area (Å²) >= 11 is 0. The Balaban J connectivity index is 1.46. The molecule has 0 radical (unpaired) electrons. The van der Waals surface area contributed by atoms with Crippen LogP contribution in [0.2, 0.25) is 0 Å². The molecule has 0 spiro atoms. The Hall–Kier alpha value is -2.18. The molecule has 0 N–H and O–H groups in total. The second-order valence-electron chi connectivity index (χ2n) is 7.27. The third-order valence-electron chi connectivity index (χ3n) is 5.17. The number of nitrogens with zero attached hydrogens (tertiary/aromatic N) is 2. The molecular weight excluding hydrogens is 444 g/mol. The zero-order valence-electron chi connectivity index (χ0n) is 17.0. The lowest BCUT2D eigenvalue weighted by Gasteiger charge is -2.29. The van der Waals surface area contributed by atoms with E-state index in [0.717, 1.165) is 0 Å². The Morgan fingerprint density at radius 3 is 2.23 bits per heavy atom. The van der Waals surface area contributed by atoms with Gasteiger partial charge in [-0.2, -0.15) is 8.61 Å². The van der Waals surface area contributed by atoms with Gasteiger partial charge in [0.1, 0.15) is 12.7 Å². The number of para-hydroxylation sites is 2. The first kappa shape index (κ1) is 22.0. The summed E-state index contributed by atoms with van der Waals surface area (Å²) in [5, 5.41) is 0. The molecule has 0 amide bonds. The second kappa shape index (κ2) is 8.75. The van der Waals surface area contributed by atoms with Crippen molar-refractivity contribution in [3.8, 4) is 11.5 Å². The quantitative estimate of drug-likeness (QED) is 0.627. The van der Waals surface area contributed by atoms with Crippen molar-refractivity contribution >= 4 is 20.0 Å². The smallest absolute Gasteiger partial charge is 0.243 e. The summed E-state index contributed by atoms with van der Waals surface area (Å²) < 4.78 is 70.6. The fourth-order valence-electron chi connectivity index (χ4n) is 3.44. The van der Waals surface area contributed by atoms with Crippen molar-refractivity contribution in [1.29, 1.82) is 0 Å². The largest absolute Gasteiger partial charge is 0.486 e. The zero-order chi connectivity index (χ0) is 22.1. The molecule has 4 rings (SSSR count). The van der Waals surface area contributed by atoms with Gasteiger partial charge in [-0.25, -0.2) is 16.8 Å². The van der Waals surface area contributed by atoms with Gasteiger partial charge in [-0.05, 0) is 36.4 Å². The first-order valence-electron chi connectivity index (χ1n) is 9.81. The molecule has 31 heavy (non-hydrogen) atoms. The first-order chi connectivity index (χ1) is 14.8. The van der Waals surface area contributed by atoms with Gasteiger partial charge < -0.3 is 14.2 Å². The Bertz CT molecular complexity index is 1130. The molecule has 0 unspecified atom stereocenters. The van der Waals surface area contributed by atoms with E-state index in [1.807, 2.05) is 12.1 Å². The van der Waals surface area contributed by atoms with Gasteiger partial charge in [0.25, 0.3) is 0 Å². The predicted octanol–water partition coefficient (Wildman–Crippen LogP) is 1.17. The van der Waals surface area contributed by atoms with E-state index < -0.39 is 26.2 Å². The third kappa shape index (κ3) is 4.55. The van der Waals surface area contributed by atoms with Gasteiger partial charge in [-0.3, -0.25) is 0 Å². The highest BCUT2D eigenvalue weighted by molar-refractivity contribution is 7.89. The summed E-state index contributed by atoms with van der Waals surface area (Å²) in [6, 6.07) is 12.5. The minimum Gasteiger partial charge on any atom is -0.486 e. The van der Waals surface area contributed by atoms with Gasteiger partial charge in [0.15, 0.2) is 11.5 Å². The van der Waals surface area contributed by atoms with Crippen LogP contribution in [0.25, 0.3) is 0 Å². The summed E-state index contributed by atoms with van der Waals surface area (Å²) in [5.41, 5.74) is 0. The number of ether oxygens (including phenoxy) is 3. The fourth-order valence-corrected chi connectivity index (χ4v) is 6.05. The van der Waals surface area contributed by atoms with E-state index >= 15 is 0 Å². The molecule has 11 heteroatoms. The molecule has 0 bridgehead atoms. The molecule has 2 aromatic carbocycles. The summed E-state index contributed by atoms with van der Waals surface area (Å²) in [7, 11) is -6.06. The summed E-state index contributed by atoms with van der Waals surface area (Å²) in [4.78, 5) is 0.0599. The molecule has 2 heterocycles. The lowest BCUT2D eigenvalue weighted by atomic mass is 10.2. The molecule has 9 nitrogen and oxygen atoms in total. The van der Waals surface area contributed by atoms with Crippen molar-refractivity contribution < 1.29 is 31.0 Å². The van der Waals surface area contributed by atoms with Gasteiger partial charge in [0.05, 0.1) is 29.5 Å². The lowest BCUT2D eigenvalue weighted by Crippen LogP contribution is -2.41. The first-order valence-corrected chi connectivity index (χ1v) is 12.7. The standard InChI is InChI=1S/C20H24N2O7S2/c1-21(14-16-15-28-19-4-2-3-5-20(19)29-16)30(23,24)17-6-8-18(9-7-17)31(25,26)22-10-12-27-13-11-22/h2-9,16H,10-15H2,1H3/t16-/m0/s1. The van der Waals surface area contributed by atoms with Gasteiger partial charge in [0, 0.05) is 20.1 Å². The van der Waals surface area contributed by atoms with Crippen LogP contribution < -0.4 is 9.47 Å². The van der Waals surface area contributed by atoms with Crippen LogP contribution >= 0.6 is 0 Å². The summed E-state index contributed by atoms with van der Waals surface area (Å²) in [5.74, 6) is 1.20. The highest BCUT2D eigenvalue weighted by Gasteiger charge is 2.30. The molecule has 0 aromatic heterocycles. The lowest BCUT2D eigenvalue weighted by molar-refractivity contribution is 0.0730. The number of benzene rings is 2. The van der Waals surface area contributed by atoms with E-state index in [1.54, 1.807) is 12.1 Å².